The molecule has 0 amide bonds. The number of benzene rings is 2. The van der Waals surface area contributed by atoms with Crippen LogP contribution in [0.5, 0.6) is 11.5 Å². The molecule has 0 saturated heterocycles. The third kappa shape index (κ3) is 3.56. The molecular formula is C23H20O5. The molecule has 1 aliphatic carbocycles. The second-order valence-electron chi connectivity index (χ2n) is 6.58. The Balaban J connectivity index is 1.54. The maximum atomic E-state index is 12.2. The van der Waals surface area contributed by atoms with E-state index in [1.165, 1.54) is 6.08 Å². The molecule has 1 heterocycles. The van der Waals surface area contributed by atoms with Gasteiger partial charge in [0.2, 0.25) is 0 Å². The number of carbonyl (C=O) groups is 1. The van der Waals surface area contributed by atoms with Crippen LogP contribution in [0.25, 0.3) is 17.0 Å². The molecule has 0 radical (unpaired) electrons. The predicted molar refractivity (Wildman–Crippen MR) is 107 cm³/mol. The van der Waals surface area contributed by atoms with E-state index in [-0.39, 0.29) is 5.63 Å². The van der Waals surface area contributed by atoms with Crippen molar-refractivity contribution in [2.75, 3.05) is 6.61 Å². The smallest absolute Gasteiger partial charge is 0.339 e. The monoisotopic (exact) mass is 376 g/mol. The van der Waals surface area contributed by atoms with Crippen LogP contribution < -0.4 is 15.1 Å². The zero-order chi connectivity index (χ0) is 19.5. The van der Waals surface area contributed by atoms with Gasteiger partial charge < -0.3 is 13.9 Å². The lowest BCUT2D eigenvalue weighted by molar-refractivity contribution is -0.128. The Bertz CT molecular complexity index is 1120. The van der Waals surface area contributed by atoms with Crippen molar-refractivity contribution in [1.82, 2.24) is 0 Å². The molecule has 5 nitrogen and oxygen atoms in total. The van der Waals surface area contributed by atoms with E-state index in [1.807, 2.05) is 37.3 Å². The minimum Gasteiger partial charge on any atom is -0.493 e. The molecule has 0 unspecified atom stereocenters. The summed E-state index contributed by atoms with van der Waals surface area (Å²) in [5.41, 5.74) is 2.77. The minimum atomic E-state index is -0.519. The quantitative estimate of drug-likeness (QED) is 0.287. The first-order chi connectivity index (χ1) is 13.7. The van der Waals surface area contributed by atoms with Crippen LogP contribution >= 0.6 is 0 Å². The number of hydrogen-bond donors (Lipinski definition) is 0. The third-order valence-corrected chi connectivity index (χ3v) is 4.78. The van der Waals surface area contributed by atoms with Crippen LogP contribution in [0.15, 0.2) is 57.8 Å². The van der Waals surface area contributed by atoms with Gasteiger partial charge in [0.25, 0.3) is 0 Å². The van der Waals surface area contributed by atoms with Crippen molar-refractivity contribution < 1.29 is 18.7 Å². The van der Waals surface area contributed by atoms with Gasteiger partial charge in [0.15, 0.2) is 0 Å². The first-order valence-electron chi connectivity index (χ1n) is 9.36. The van der Waals surface area contributed by atoms with E-state index in [4.69, 9.17) is 13.9 Å². The topological polar surface area (TPSA) is 65.7 Å². The van der Waals surface area contributed by atoms with Crippen molar-refractivity contribution in [2.24, 2.45) is 0 Å². The van der Waals surface area contributed by atoms with Crippen LogP contribution in [0.2, 0.25) is 0 Å². The first-order valence-corrected chi connectivity index (χ1v) is 9.36. The number of ether oxygens (including phenoxy) is 2. The zero-order valence-corrected chi connectivity index (χ0v) is 15.6. The summed E-state index contributed by atoms with van der Waals surface area (Å²) in [5.74, 6) is 0.519. The van der Waals surface area contributed by atoms with Gasteiger partial charge in [-0.15, -0.1) is 0 Å². The number of carbonyl (C=O) groups excluding carboxylic acids is 1. The molecule has 2 aromatic carbocycles. The van der Waals surface area contributed by atoms with Gasteiger partial charge in [-0.1, -0.05) is 18.2 Å². The summed E-state index contributed by atoms with van der Waals surface area (Å²) in [5, 5.41) is 0.910. The molecule has 0 N–H and O–H groups in total. The van der Waals surface area contributed by atoms with Gasteiger partial charge in [-0.05, 0) is 56.0 Å². The standard InChI is InChI=1S/C23H20O5/c1-2-26-20-9-4-3-6-15(20)10-13-22(24)27-16-11-12-18-17-7-5-8-19(17)23(25)28-21(18)14-16/h3-4,6,9-14H,2,5,7-8H2,1H3/b13-10+. The highest BCUT2D eigenvalue weighted by molar-refractivity contribution is 5.90. The van der Waals surface area contributed by atoms with Gasteiger partial charge in [0.05, 0.1) is 6.61 Å². The third-order valence-electron chi connectivity index (χ3n) is 4.78. The summed E-state index contributed by atoms with van der Waals surface area (Å²) in [6.07, 6.45) is 5.60. The Morgan fingerprint density at radius 1 is 1.14 bits per heavy atom. The fourth-order valence-corrected chi connectivity index (χ4v) is 3.54. The van der Waals surface area contributed by atoms with Crippen LogP contribution in [0.1, 0.15) is 30.0 Å². The second kappa shape index (κ2) is 7.72. The summed E-state index contributed by atoms with van der Waals surface area (Å²) in [6.45, 7) is 2.45. The van der Waals surface area contributed by atoms with E-state index in [9.17, 15) is 9.59 Å². The van der Waals surface area contributed by atoms with E-state index >= 15 is 0 Å². The highest BCUT2D eigenvalue weighted by atomic mass is 16.5. The van der Waals surface area contributed by atoms with Crippen molar-refractivity contribution >= 4 is 23.0 Å². The number of esters is 1. The SMILES string of the molecule is CCOc1ccccc1/C=C/C(=O)Oc1ccc2c3c(c(=O)oc2c1)CCC3. The van der Waals surface area contributed by atoms with Crippen LogP contribution in [0.4, 0.5) is 0 Å². The highest BCUT2D eigenvalue weighted by Gasteiger charge is 2.19. The molecule has 0 aliphatic heterocycles. The first kappa shape index (κ1) is 18.0. The van der Waals surface area contributed by atoms with Gasteiger partial charge >= 0.3 is 11.6 Å². The van der Waals surface area contributed by atoms with Gasteiger partial charge in [-0.2, -0.15) is 0 Å². The molecule has 0 spiro atoms. The summed E-state index contributed by atoms with van der Waals surface area (Å²) in [4.78, 5) is 24.3. The molecule has 0 bridgehead atoms. The van der Waals surface area contributed by atoms with Gasteiger partial charge in [-0.25, -0.2) is 9.59 Å². The highest BCUT2D eigenvalue weighted by Crippen LogP contribution is 2.29. The normalized spacial score (nSPS) is 13.0. The molecule has 4 rings (SSSR count). The van der Waals surface area contributed by atoms with Gasteiger partial charge in [-0.3, -0.25) is 0 Å². The molecule has 5 heteroatoms. The zero-order valence-electron chi connectivity index (χ0n) is 15.6. The largest absolute Gasteiger partial charge is 0.493 e. The fraction of sp³-hybridized carbons (Fsp3) is 0.217. The number of hydrogen-bond acceptors (Lipinski definition) is 5. The maximum absolute atomic E-state index is 12.2. The number of rotatable bonds is 5. The van der Waals surface area contributed by atoms with Crippen molar-refractivity contribution in [3.8, 4) is 11.5 Å². The lowest BCUT2D eigenvalue weighted by atomic mass is 10.1. The van der Waals surface area contributed by atoms with E-state index in [0.717, 1.165) is 41.3 Å². The molecule has 142 valence electrons. The van der Waals surface area contributed by atoms with E-state index in [1.54, 1.807) is 18.2 Å². The molecule has 1 aromatic heterocycles. The van der Waals surface area contributed by atoms with Crippen LogP contribution in [-0.2, 0) is 17.6 Å². The lowest BCUT2D eigenvalue weighted by Gasteiger charge is -2.07. The van der Waals surface area contributed by atoms with Crippen molar-refractivity contribution in [3.05, 3.63) is 75.7 Å². The molecule has 0 saturated carbocycles. The Labute approximate surface area is 162 Å². The second-order valence-corrected chi connectivity index (χ2v) is 6.58. The average Bonchev–Trinajstić information content (AvgIpc) is 3.18. The molecule has 3 aromatic rings. The van der Waals surface area contributed by atoms with E-state index < -0.39 is 5.97 Å². The van der Waals surface area contributed by atoms with Crippen LogP contribution in [-0.4, -0.2) is 12.6 Å². The average molecular weight is 376 g/mol. The summed E-state index contributed by atoms with van der Waals surface area (Å²) in [6, 6.07) is 12.6. The number of aryl methyl sites for hydroxylation is 1. The Hall–Kier alpha value is -3.34. The fourth-order valence-electron chi connectivity index (χ4n) is 3.54. The molecule has 28 heavy (non-hydrogen) atoms. The van der Waals surface area contributed by atoms with Gasteiger partial charge in [0, 0.05) is 28.7 Å². The van der Waals surface area contributed by atoms with Crippen LogP contribution in [0, 0.1) is 0 Å². The number of fused-ring (bicyclic) bond motifs is 3. The Morgan fingerprint density at radius 3 is 2.82 bits per heavy atom. The maximum Gasteiger partial charge on any atom is 0.339 e. The van der Waals surface area contributed by atoms with Crippen molar-refractivity contribution in [1.29, 1.82) is 0 Å². The predicted octanol–water partition coefficient (Wildman–Crippen LogP) is 4.30. The molecular weight excluding hydrogens is 356 g/mol. The minimum absolute atomic E-state index is 0.295. The molecule has 0 fully saturated rings. The van der Waals surface area contributed by atoms with Gasteiger partial charge in [0.1, 0.15) is 17.1 Å². The molecule has 0 atom stereocenters. The summed E-state index contributed by atoms with van der Waals surface area (Å²) in [7, 11) is 0. The van der Waals surface area contributed by atoms with E-state index in [2.05, 4.69) is 0 Å². The lowest BCUT2D eigenvalue weighted by Crippen LogP contribution is -2.07. The van der Waals surface area contributed by atoms with Crippen molar-refractivity contribution in [2.45, 2.75) is 26.2 Å². The molecule has 1 aliphatic rings. The summed E-state index contributed by atoms with van der Waals surface area (Å²) < 4.78 is 16.3. The summed E-state index contributed by atoms with van der Waals surface area (Å²) >= 11 is 0. The van der Waals surface area contributed by atoms with Crippen LogP contribution in [0.3, 0.4) is 0 Å². The number of para-hydroxylation sites is 1. The van der Waals surface area contributed by atoms with E-state index in [0.29, 0.717) is 23.7 Å². The Morgan fingerprint density at radius 2 is 1.96 bits per heavy atom. The Kier molecular flexibility index (Phi) is 4.98. The van der Waals surface area contributed by atoms with Crippen molar-refractivity contribution in [3.63, 3.8) is 0 Å².